The van der Waals surface area contributed by atoms with Crippen molar-refractivity contribution in [3.63, 3.8) is 0 Å². The minimum atomic E-state index is -1.27. The SMILES string of the molecule is C[C@@H]1NC(=O)[C@H](C2CCCC2)OC(=O)C2(/C=C/c3ccc4ccc(nc4c3)[C@@H](C)NC(=O)[C@@H]3CCCN(N3)C1=O)COCOC2. The molecular weight excluding hydrogens is 578 g/mol. The lowest BCUT2D eigenvalue weighted by atomic mass is 9.87. The van der Waals surface area contributed by atoms with Gasteiger partial charge in [-0.25, -0.2) is 5.43 Å². The topological polar surface area (TPSA) is 148 Å². The molecule has 240 valence electrons. The quantitative estimate of drug-likeness (QED) is 0.410. The summed E-state index contributed by atoms with van der Waals surface area (Å²) in [6, 6.07) is 7.71. The highest BCUT2D eigenvalue weighted by molar-refractivity contribution is 5.92. The summed E-state index contributed by atoms with van der Waals surface area (Å²) >= 11 is 0. The summed E-state index contributed by atoms with van der Waals surface area (Å²) in [6.07, 6.45) is 6.95. The number of hydrogen-bond donors (Lipinski definition) is 3. The van der Waals surface area contributed by atoms with Crippen molar-refractivity contribution in [2.45, 2.75) is 76.6 Å². The minimum absolute atomic E-state index is 0.0330. The number of hydrogen-bond acceptors (Lipinski definition) is 9. The third-order valence-corrected chi connectivity index (χ3v) is 9.25. The molecule has 12 heteroatoms. The molecular formula is C33H41N5O7. The Hall–Kier alpha value is -3.87. The first-order chi connectivity index (χ1) is 21.7. The fourth-order valence-corrected chi connectivity index (χ4v) is 6.55. The van der Waals surface area contributed by atoms with Crippen LogP contribution in [0.4, 0.5) is 0 Å². The van der Waals surface area contributed by atoms with E-state index in [0.29, 0.717) is 25.1 Å². The van der Waals surface area contributed by atoms with Crippen molar-refractivity contribution in [3.8, 4) is 0 Å². The Morgan fingerprint density at radius 3 is 2.40 bits per heavy atom. The molecule has 4 heterocycles. The van der Waals surface area contributed by atoms with Crippen molar-refractivity contribution in [2.75, 3.05) is 26.6 Å². The van der Waals surface area contributed by atoms with Gasteiger partial charge < -0.3 is 24.8 Å². The Labute approximate surface area is 262 Å². The Kier molecular flexibility index (Phi) is 9.16. The van der Waals surface area contributed by atoms with Crippen molar-refractivity contribution in [1.29, 1.82) is 0 Å². The molecule has 3 N–H and O–H groups in total. The fourth-order valence-electron chi connectivity index (χ4n) is 6.55. The van der Waals surface area contributed by atoms with Gasteiger partial charge in [-0.05, 0) is 57.2 Å². The summed E-state index contributed by atoms with van der Waals surface area (Å²) in [5.74, 6) is -1.92. The number of rotatable bonds is 1. The molecule has 1 aliphatic carbocycles. The second-order valence-corrected chi connectivity index (χ2v) is 12.6. The molecule has 4 aliphatic rings. The van der Waals surface area contributed by atoms with Crippen molar-refractivity contribution in [3.05, 3.63) is 47.7 Å². The zero-order chi connectivity index (χ0) is 31.6. The highest BCUT2D eigenvalue weighted by Crippen LogP contribution is 2.33. The normalized spacial score (nSPS) is 29.3. The average molecular weight is 620 g/mol. The number of nitrogens with zero attached hydrogens (tertiary/aromatic N) is 2. The van der Waals surface area contributed by atoms with Gasteiger partial charge in [0.2, 0.25) is 5.91 Å². The highest BCUT2D eigenvalue weighted by atomic mass is 16.7. The van der Waals surface area contributed by atoms with Gasteiger partial charge in [-0.1, -0.05) is 43.2 Å². The van der Waals surface area contributed by atoms with Crippen LogP contribution < -0.4 is 16.1 Å². The van der Waals surface area contributed by atoms with Gasteiger partial charge >= 0.3 is 5.97 Å². The number of esters is 1. The zero-order valence-corrected chi connectivity index (χ0v) is 25.8. The molecule has 0 unspecified atom stereocenters. The van der Waals surface area contributed by atoms with Gasteiger partial charge in [0.15, 0.2) is 6.10 Å². The number of fused-ring (bicyclic) bond motifs is 4. The summed E-state index contributed by atoms with van der Waals surface area (Å²) in [7, 11) is 0. The molecule has 4 atom stereocenters. The number of amides is 3. The van der Waals surface area contributed by atoms with Gasteiger partial charge in [0.1, 0.15) is 24.3 Å². The average Bonchev–Trinajstić information content (AvgIpc) is 3.60. The Bertz CT molecular complexity index is 1480. The van der Waals surface area contributed by atoms with Crippen LogP contribution in [0.2, 0.25) is 0 Å². The number of pyridine rings is 1. The standard InChI is InChI=1S/C33H41N5O7/c1-20-25-12-11-23-10-9-22(16-27(23)36-25)13-14-33(17-43-19-44-18-33)32(42)45-28(24-6-3-4-7-24)30(40)35-21(2)31(41)38-15-5-8-26(37-38)29(39)34-20/h9-14,16,20-21,24,26,28,37H,3-8,15,17-19H2,1-2H3,(H,34,39)(H,35,40)/b14-13+/t20-,21+,26+,28+/m1/s1. The summed E-state index contributed by atoms with van der Waals surface area (Å²) in [5, 5.41) is 8.15. The van der Waals surface area contributed by atoms with E-state index < -0.39 is 35.5 Å². The van der Waals surface area contributed by atoms with Crippen LogP contribution in [0.5, 0.6) is 0 Å². The summed E-state index contributed by atoms with van der Waals surface area (Å²) in [5.41, 5.74) is 4.00. The molecule has 2 aromatic rings. The second kappa shape index (κ2) is 13.2. The largest absolute Gasteiger partial charge is 0.451 e. The maximum Gasteiger partial charge on any atom is 0.321 e. The number of carbonyl (C=O) groups is 4. The Morgan fingerprint density at radius 2 is 1.62 bits per heavy atom. The summed E-state index contributed by atoms with van der Waals surface area (Å²) < 4.78 is 17.2. The van der Waals surface area contributed by atoms with E-state index in [-0.39, 0.29) is 43.8 Å². The number of carbonyl (C=O) groups excluding carboxylic acids is 4. The lowest BCUT2D eigenvalue weighted by Crippen LogP contribution is -2.61. The molecule has 5 bridgehead atoms. The van der Waals surface area contributed by atoms with E-state index in [1.807, 2.05) is 43.3 Å². The number of benzene rings is 1. The predicted octanol–water partition coefficient (Wildman–Crippen LogP) is 2.53. The van der Waals surface area contributed by atoms with Crippen LogP contribution in [0.25, 0.3) is 17.0 Å². The molecule has 12 nitrogen and oxygen atoms in total. The number of hydrazine groups is 1. The van der Waals surface area contributed by atoms with Gasteiger partial charge in [-0.15, -0.1) is 0 Å². The van der Waals surface area contributed by atoms with Crippen LogP contribution in [-0.4, -0.2) is 78.4 Å². The number of nitrogens with one attached hydrogen (secondary N) is 3. The Morgan fingerprint density at radius 1 is 0.889 bits per heavy atom. The monoisotopic (exact) mass is 619 g/mol. The maximum atomic E-state index is 13.9. The van der Waals surface area contributed by atoms with Crippen LogP contribution in [0.3, 0.4) is 0 Å². The van der Waals surface area contributed by atoms with Gasteiger partial charge in [0.25, 0.3) is 11.8 Å². The van der Waals surface area contributed by atoms with E-state index in [2.05, 4.69) is 16.1 Å². The molecule has 3 aliphatic heterocycles. The molecule has 6 rings (SSSR count). The number of ether oxygens (including phenoxy) is 3. The first-order valence-corrected chi connectivity index (χ1v) is 15.9. The van der Waals surface area contributed by atoms with Crippen molar-refractivity contribution < 1.29 is 33.4 Å². The van der Waals surface area contributed by atoms with E-state index in [1.165, 1.54) is 5.01 Å². The lowest BCUT2D eigenvalue weighted by Gasteiger charge is -2.36. The van der Waals surface area contributed by atoms with E-state index in [4.69, 9.17) is 19.2 Å². The summed E-state index contributed by atoms with van der Waals surface area (Å²) in [4.78, 5) is 59.2. The van der Waals surface area contributed by atoms with Crippen LogP contribution in [-0.2, 0) is 33.4 Å². The molecule has 3 amide bonds. The van der Waals surface area contributed by atoms with Crippen molar-refractivity contribution in [1.82, 2.24) is 26.1 Å². The molecule has 1 aromatic carbocycles. The number of aromatic nitrogens is 1. The van der Waals surface area contributed by atoms with Crippen LogP contribution >= 0.6 is 0 Å². The van der Waals surface area contributed by atoms with Gasteiger partial charge in [0.05, 0.1) is 30.5 Å². The molecule has 1 spiro atoms. The van der Waals surface area contributed by atoms with E-state index in [0.717, 1.165) is 42.1 Å². The molecule has 3 fully saturated rings. The number of cyclic esters (lactones) is 1. The van der Waals surface area contributed by atoms with Gasteiger partial charge in [-0.2, -0.15) is 0 Å². The maximum absolute atomic E-state index is 13.9. The van der Waals surface area contributed by atoms with Crippen LogP contribution in [0, 0.1) is 11.3 Å². The Balaban J connectivity index is 1.37. The van der Waals surface area contributed by atoms with E-state index in [1.54, 1.807) is 13.0 Å². The molecule has 0 radical (unpaired) electrons. The third kappa shape index (κ3) is 6.73. The fraction of sp³-hybridized carbons (Fsp3) is 0.545. The predicted molar refractivity (Wildman–Crippen MR) is 164 cm³/mol. The first kappa shape index (κ1) is 31.1. The lowest BCUT2D eigenvalue weighted by molar-refractivity contribution is -0.193. The van der Waals surface area contributed by atoms with Crippen molar-refractivity contribution in [2.24, 2.45) is 11.3 Å². The second-order valence-electron chi connectivity index (χ2n) is 12.6. The van der Waals surface area contributed by atoms with Crippen LogP contribution in [0.15, 0.2) is 36.4 Å². The third-order valence-electron chi connectivity index (χ3n) is 9.25. The first-order valence-electron chi connectivity index (χ1n) is 15.9. The van der Waals surface area contributed by atoms with Crippen LogP contribution in [0.1, 0.15) is 69.7 Å². The summed E-state index contributed by atoms with van der Waals surface area (Å²) in [6.45, 7) is 3.98. The van der Waals surface area contributed by atoms with Gasteiger partial charge in [-0.3, -0.25) is 29.2 Å². The highest BCUT2D eigenvalue weighted by Gasteiger charge is 2.45. The molecule has 45 heavy (non-hydrogen) atoms. The van der Waals surface area contributed by atoms with Crippen molar-refractivity contribution >= 4 is 40.7 Å². The zero-order valence-electron chi connectivity index (χ0n) is 25.8. The minimum Gasteiger partial charge on any atom is -0.451 e. The molecule has 1 aromatic heterocycles. The van der Waals surface area contributed by atoms with Gasteiger partial charge in [0, 0.05) is 17.8 Å². The molecule has 2 saturated heterocycles. The smallest absolute Gasteiger partial charge is 0.321 e. The van der Waals surface area contributed by atoms with E-state index >= 15 is 0 Å². The van der Waals surface area contributed by atoms with E-state index in [9.17, 15) is 19.2 Å². The molecule has 1 saturated carbocycles.